The molecule has 2 atom stereocenters. The van der Waals surface area contributed by atoms with E-state index in [2.05, 4.69) is 20.8 Å². The first kappa shape index (κ1) is 12.0. The quantitative estimate of drug-likeness (QED) is 0.739. The molecular formula is C12H24O2. The van der Waals surface area contributed by atoms with Crippen LogP contribution in [0.4, 0.5) is 0 Å². The molecule has 2 nitrogen and oxygen atoms in total. The Morgan fingerprint density at radius 2 is 1.93 bits per heavy atom. The number of aliphatic hydroxyl groups is 1. The van der Waals surface area contributed by atoms with Gasteiger partial charge in [-0.2, -0.15) is 0 Å². The van der Waals surface area contributed by atoms with E-state index in [4.69, 9.17) is 4.74 Å². The molecule has 1 aliphatic rings. The van der Waals surface area contributed by atoms with Gasteiger partial charge in [0.15, 0.2) is 0 Å². The zero-order valence-electron chi connectivity index (χ0n) is 9.92. The highest BCUT2D eigenvalue weighted by Crippen LogP contribution is 2.37. The summed E-state index contributed by atoms with van der Waals surface area (Å²) >= 11 is 0. The van der Waals surface area contributed by atoms with Gasteiger partial charge in [-0.3, -0.25) is 0 Å². The van der Waals surface area contributed by atoms with Crippen LogP contribution in [0.1, 0.15) is 47.0 Å². The third kappa shape index (κ3) is 3.58. The second-order valence-electron chi connectivity index (χ2n) is 5.49. The SMILES string of the molecule is CCOC(C(O)CC1CC1)C(C)(C)C. The van der Waals surface area contributed by atoms with Crippen molar-refractivity contribution in [3.63, 3.8) is 0 Å². The Hall–Kier alpha value is -0.0800. The summed E-state index contributed by atoms with van der Waals surface area (Å²) in [5.74, 6) is 0.760. The van der Waals surface area contributed by atoms with Crippen LogP contribution in [-0.4, -0.2) is 23.9 Å². The summed E-state index contributed by atoms with van der Waals surface area (Å²) in [5, 5.41) is 10.1. The first-order valence-corrected chi connectivity index (χ1v) is 5.74. The van der Waals surface area contributed by atoms with E-state index in [1.165, 1.54) is 12.8 Å². The molecule has 1 rings (SSSR count). The molecule has 0 bridgehead atoms. The maximum atomic E-state index is 10.1. The summed E-state index contributed by atoms with van der Waals surface area (Å²) in [6, 6.07) is 0. The number of ether oxygens (including phenoxy) is 1. The zero-order valence-corrected chi connectivity index (χ0v) is 9.92. The van der Waals surface area contributed by atoms with Gasteiger partial charge in [-0.05, 0) is 24.7 Å². The fourth-order valence-electron chi connectivity index (χ4n) is 1.94. The van der Waals surface area contributed by atoms with Crippen molar-refractivity contribution in [3.05, 3.63) is 0 Å². The molecular weight excluding hydrogens is 176 g/mol. The Bertz CT molecular complexity index is 168. The van der Waals surface area contributed by atoms with Crippen LogP contribution < -0.4 is 0 Å². The van der Waals surface area contributed by atoms with Gasteiger partial charge in [0.1, 0.15) is 0 Å². The summed E-state index contributed by atoms with van der Waals surface area (Å²) in [6.07, 6.45) is 3.19. The summed E-state index contributed by atoms with van der Waals surface area (Å²) < 4.78 is 5.65. The Labute approximate surface area is 87.7 Å². The molecule has 1 aliphatic carbocycles. The number of hydrogen-bond donors (Lipinski definition) is 1. The lowest BCUT2D eigenvalue weighted by Crippen LogP contribution is -2.40. The largest absolute Gasteiger partial charge is 0.390 e. The van der Waals surface area contributed by atoms with Crippen LogP contribution in [0.5, 0.6) is 0 Å². The van der Waals surface area contributed by atoms with Gasteiger partial charge in [0.05, 0.1) is 12.2 Å². The molecule has 0 aromatic carbocycles. The average molecular weight is 200 g/mol. The zero-order chi connectivity index (χ0) is 10.8. The molecule has 2 unspecified atom stereocenters. The molecule has 0 radical (unpaired) electrons. The van der Waals surface area contributed by atoms with Crippen LogP contribution in [-0.2, 0) is 4.74 Å². The Balaban J connectivity index is 2.46. The predicted molar refractivity (Wildman–Crippen MR) is 58.2 cm³/mol. The van der Waals surface area contributed by atoms with Gasteiger partial charge in [-0.25, -0.2) is 0 Å². The molecule has 84 valence electrons. The Morgan fingerprint density at radius 1 is 1.36 bits per heavy atom. The van der Waals surface area contributed by atoms with E-state index in [1.807, 2.05) is 6.92 Å². The van der Waals surface area contributed by atoms with Crippen LogP contribution in [0.25, 0.3) is 0 Å². The van der Waals surface area contributed by atoms with Crippen molar-refractivity contribution in [2.24, 2.45) is 11.3 Å². The maximum absolute atomic E-state index is 10.1. The van der Waals surface area contributed by atoms with E-state index >= 15 is 0 Å². The minimum Gasteiger partial charge on any atom is -0.390 e. The highest BCUT2D eigenvalue weighted by atomic mass is 16.5. The molecule has 0 amide bonds. The number of hydrogen-bond acceptors (Lipinski definition) is 2. The van der Waals surface area contributed by atoms with Crippen molar-refractivity contribution in [2.45, 2.75) is 59.2 Å². The van der Waals surface area contributed by atoms with Gasteiger partial charge >= 0.3 is 0 Å². The smallest absolute Gasteiger partial charge is 0.0881 e. The van der Waals surface area contributed by atoms with Gasteiger partial charge in [0.2, 0.25) is 0 Å². The Morgan fingerprint density at radius 3 is 2.29 bits per heavy atom. The van der Waals surface area contributed by atoms with Crippen LogP contribution in [0.3, 0.4) is 0 Å². The highest BCUT2D eigenvalue weighted by Gasteiger charge is 2.35. The molecule has 1 fully saturated rings. The fraction of sp³-hybridized carbons (Fsp3) is 1.00. The molecule has 0 spiro atoms. The van der Waals surface area contributed by atoms with Gasteiger partial charge in [-0.1, -0.05) is 33.6 Å². The van der Waals surface area contributed by atoms with E-state index in [0.717, 1.165) is 12.3 Å². The van der Waals surface area contributed by atoms with Crippen LogP contribution in [0, 0.1) is 11.3 Å². The van der Waals surface area contributed by atoms with Crippen LogP contribution in [0.2, 0.25) is 0 Å². The molecule has 1 saturated carbocycles. The van der Waals surface area contributed by atoms with Crippen molar-refractivity contribution in [2.75, 3.05) is 6.61 Å². The van der Waals surface area contributed by atoms with Gasteiger partial charge in [0.25, 0.3) is 0 Å². The second-order valence-corrected chi connectivity index (χ2v) is 5.49. The lowest BCUT2D eigenvalue weighted by Gasteiger charge is -2.34. The minimum absolute atomic E-state index is 0.0203. The monoisotopic (exact) mass is 200 g/mol. The van der Waals surface area contributed by atoms with E-state index in [-0.39, 0.29) is 17.6 Å². The van der Waals surface area contributed by atoms with Crippen molar-refractivity contribution in [1.82, 2.24) is 0 Å². The molecule has 0 heterocycles. The van der Waals surface area contributed by atoms with Crippen molar-refractivity contribution in [3.8, 4) is 0 Å². The lowest BCUT2D eigenvalue weighted by molar-refractivity contribution is -0.0918. The number of aliphatic hydroxyl groups excluding tert-OH is 1. The predicted octanol–water partition coefficient (Wildman–Crippen LogP) is 2.60. The molecule has 2 heteroatoms. The first-order valence-electron chi connectivity index (χ1n) is 5.74. The normalized spacial score (nSPS) is 22.1. The van der Waals surface area contributed by atoms with Gasteiger partial charge in [-0.15, -0.1) is 0 Å². The standard InChI is InChI=1S/C12H24O2/c1-5-14-11(12(2,3)4)10(13)8-9-6-7-9/h9-11,13H,5-8H2,1-4H3. The molecule has 1 N–H and O–H groups in total. The summed E-state index contributed by atoms with van der Waals surface area (Å²) in [6.45, 7) is 9.06. The highest BCUT2D eigenvalue weighted by molar-refractivity contribution is 4.86. The van der Waals surface area contributed by atoms with Crippen molar-refractivity contribution < 1.29 is 9.84 Å². The minimum atomic E-state index is -0.289. The Kier molecular flexibility index (Phi) is 3.96. The maximum Gasteiger partial charge on any atom is 0.0881 e. The van der Waals surface area contributed by atoms with E-state index in [0.29, 0.717) is 6.61 Å². The summed E-state index contributed by atoms with van der Waals surface area (Å²) in [4.78, 5) is 0. The molecule has 0 aliphatic heterocycles. The van der Waals surface area contributed by atoms with Crippen LogP contribution >= 0.6 is 0 Å². The van der Waals surface area contributed by atoms with Gasteiger partial charge in [0, 0.05) is 6.61 Å². The average Bonchev–Trinajstić information content (AvgIpc) is 2.81. The van der Waals surface area contributed by atoms with Crippen LogP contribution in [0.15, 0.2) is 0 Å². The van der Waals surface area contributed by atoms with Crippen molar-refractivity contribution in [1.29, 1.82) is 0 Å². The topological polar surface area (TPSA) is 29.5 Å². The number of rotatable bonds is 5. The first-order chi connectivity index (χ1) is 6.45. The molecule has 0 aromatic rings. The lowest BCUT2D eigenvalue weighted by atomic mass is 9.84. The summed E-state index contributed by atoms with van der Waals surface area (Å²) in [7, 11) is 0. The van der Waals surface area contributed by atoms with E-state index < -0.39 is 0 Å². The molecule has 0 saturated heterocycles. The third-order valence-corrected chi connectivity index (χ3v) is 2.82. The van der Waals surface area contributed by atoms with Crippen molar-refractivity contribution >= 4 is 0 Å². The fourth-order valence-corrected chi connectivity index (χ4v) is 1.94. The second kappa shape index (κ2) is 4.63. The third-order valence-electron chi connectivity index (χ3n) is 2.82. The van der Waals surface area contributed by atoms with E-state index in [9.17, 15) is 5.11 Å². The van der Waals surface area contributed by atoms with E-state index in [1.54, 1.807) is 0 Å². The molecule has 0 aromatic heterocycles. The summed E-state index contributed by atoms with van der Waals surface area (Å²) in [5.41, 5.74) is 0.0321. The van der Waals surface area contributed by atoms with Gasteiger partial charge < -0.3 is 9.84 Å². The molecule has 14 heavy (non-hydrogen) atoms.